The number of amides is 1. The molecule has 2 fully saturated rings. The quantitative estimate of drug-likeness (QED) is 0.822. The van der Waals surface area contributed by atoms with E-state index in [9.17, 15) is 4.79 Å². The molecule has 1 unspecified atom stereocenters. The topological polar surface area (TPSA) is 35.6 Å². The van der Waals surface area contributed by atoms with Gasteiger partial charge in [0.15, 0.2) is 0 Å². The number of hydrogen-bond donors (Lipinski definition) is 1. The van der Waals surface area contributed by atoms with Crippen LogP contribution in [0.3, 0.4) is 0 Å². The molecule has 1 atom stereocenters. The van der Waals surface area contributed by atoms with Crippen LogP contribution in [0.2, 0.25) is 0 Å². The summed E-state index contributed by atoms with van der Waals surface area (Å²) in [5.41, 5.74) is 2.39. The van der Waals surface area contributed by atoms with E-state index in [4.69, 9.17) is 23.2 Å². The Hall–Kier alpha value is -0.970. The number of rotatable bonds is 4. The van der Waals surface area contributed by atoms with E-state index in [1.807, 2.05) is 13.0 Å². The maximum Gasteiger partial charge on any atom is 0.233 e. The minimum absolute atomic E-state index is 0.111. The Morgan fingerprint density at radius 1 is 1.25 bits per heavy atom. The van der Waals surface area contributed by atoms with Crippen molar-refractivity contribution in [3.05, 3.63) is 23.8 Å². The van der Waals surface area contributed by atoms with Gasteiger partial charge >= 0.3 is 0 Å². The molecule has 1 aromatic rings. The summed E-state index contributed by atoms with van der Waals surface area (Å²) in [6, 6.07) is 6.19. The van der Waals surface area contributed by atoms with Crippen LogP contribution in [0, 0.1) is 12.3 Å². The van der Waals surface area contributed by atoms with Crippen molar-refractivity contribution in [1.29, 1.82) is 0 Å². The van der Waals surface area contributed by atoms with E-state index in [2.05, 4.69) is 34.2 Å². The standard InChI is InChI=1S/C18H25Cl2N3O/c1-4-22-7-9-23(10-8-22)14-5-6-15(13(2)11-14)21-16(24)17(3)12-18(17,19)20/h5-6,11H,4,7-10,12H2,1-3H3,(H,21,24). The van der Waals surface area contributed by atoms with Crippen LogP contribution in [-0.4, -0.2) is 47.9 Å². The van der Waals surface area contributed by atoms with Crippen LogP contribution in [0.25, 0.3) is 0 Å². The van der Waals surface area contributed by atoms with Crippen molar-refractivity contribution in [3.63, 3.8) is 0 Å². The average molecular weight is 370 g/mol. The Morgan fingerprint density at radius 3 is 2.38 bits per heavy atom. The van der Waals surface area contributed by atoms with Crippen molar-refractivity contribution in [1.82, 2.24) is 4.90 Å². The zero-order chi connectivity index (χ0) is 17.5. The lowest BCUT2D eigenvalue weighted by Crippen LogP contribution is -2.46. The molecule has 1 saturated carbocycles. The second-order valence-electron chi connectivity index (χ2n) is 7.09. The van der Waals surface area contributed by atoms with Crippen molar-refractivity contribution < 1.29 is 4.79 Å². The molecule has 24 heavy (non-hydrogen) atoms. The molecule has 1 aromatic carbocycles. The zero-order valence-corrected chi connectivity index (χ0v) is 16.0. The minimum atomic E-state index is -0.941. The molecule has 1 aliphatic heterocycles. The number of benzene rings is 1. The van der Waals surface area contributed by atoms with E-state index < -0.39 is 9.75 Å². The predicted octanol–water partition coefficient (Wildman–Crippen LogP) is 3.66. The van der Waals surface area contributed by atoms with Crippen molar-refractivity contribution >= 4 is 40.5 Å². The monoisotopic (exact) mass is 369 g/mol. The Labute approximate surface area is 154 Å². The first-order chi connectivity index (χ1) is 11.3. The lowest BCUT2D eigenvalue weighted by atomic mass is 10.1. The highest BCUT2D eigenvalue weighted by Gasteiger charge is 2.67. The Kier molecular flexibility index (Phi) is 4.75. The molecule has 4 nitrogen and oxygen atoms in total. The van der Waals surface area contributed by atoms with Gasteiger partial charge < -0.3 is 15.1 Å². The minimum Gasteiger partial charge on any atom is -0.369 e. The van der Waals surface area contributed by atoms with Crippen LogP contribution in [-0.2, 0) is 4.79 Å². The molecule has 132 valence electrons. The second-order valence-corrected chi connectivity index (χ2v) is 8.57. The Bertz CT molecular complexity index is 641. The van der Waals surface area contributed by atoms with Gasteiger partial charge in [-0.3, -0.25) is 4.79 Å². The number of hydrogen-bond acceptors (Lipinski definition) is 3. The van der Waals surface area contributed by atoms with Crippen LogP contribution in [0.4, 0.5) is 11.4 Å². The number of likely N-dealkylation sites (N-methyl/N-ethyl adjacent to an activating group) is 1. The number of carbonyl (C=O) groups excluding carboxylic acids is 1. The highest BCUT2D eigenvalue weighted by Crippen LogP contribution is 2.64. The maximum absolute atomic E-state index is 12.4. The number of halogens is 2. The molecule has 0 radical (unpaired) electrons. The lowest BCUT2D eigenvalue weighted by Gasteiger charge is -2.35. The number of nitrogens with zero attached hydrogens (tertiary/aromatic N) is 2. The second kappa shape index (κ2) is 6.40. The Balaban J connectivity index is 1.66. The molecule has 0 bridgehead atoms. The van der Waals surface area contributed by atoms with E-state index in [0.29, 0.717) is 6.42 Å². The highest BCUT2D eigenvalue weighted by atomic mass is 35.5. The molecule has 0 spiro atoms. The summed E-state index contributed by atoms with van der Waals surface area (Å²) in [4.78, 5) is 17.3. The van der Waals surface area contributed by atoms with Gasteiger partial charge in [0.2, 0.25) is 5.91 Å². The van der Waals surface area contributed by atoms with E-state index in [1.165, 1.54) is 5.69 Å². The smallest absolute Gasteiger partial charge is 0.233 e. The van der Waals surface area contributed by atoms with Crippen molar-refractivity contribution in [2.45, 2.75) is 31.5 Å². The molecule has 1 saturated heterocycles. The SMILES string of the molecule is CCN1CCN(c2ccc(NC(=O)C3(C)CC3(Cl)Cl)c(C)c2)CC1. The summed E-state index contributed by atoms with van der Waals surface area (Å²) in [5, 5.41) is 2.98. The van der Waals surface area contributed by atoms with Gasteiger partial charge in [0.05, 0.1) is 5.41 Å². The largest absolute Gasteiger partial charge is 0.369 e. The molecule has 1 amide bonds. The fourth-order valence-corrected chi connectivity index (χ4v) is 3.92. The average Bonchev–Trinajstić information content (AvgIpc) is 3.09. The van der Waals surface area contributed by atoms with Gasteiger partial charge in [0.1, 0.15) is 4.33 Å². The molecule has 0 aromatic heterocycles. The molecular weight excluding hydrogens is 345 g/mol. The summed E-state index contributed by atoms with van der Waals surface area (Å²) in [5.74, 6) is -0.111. The van der Waals surface area contributed by atoms with Crippen molar-refractivity contribution in [2.75, 3.05) is 42.9 Å². The van der Waals surface area contributed by atoms with Crippen LogP contribution in [0.5, 0.6) is 0 Å². The number of alkyl halides is 2. The molecule has 1 N–H and O–H groups in total. The summed E-state index contributed by atoms with van der Waals surface area (Å²) in [6.07, 6.45) is 0.494. The van der Waals surface area contributed by atoms with Gasteiger partial charge in [-0.15, -0.1) is 23.2 Å². The normalized spacial score (nSPS) is 26.3. The van der Waals surface area contributed by atoms with Crippen LogP contribution in [0.1, 0.15) is 25.8 Å². The number of piperazine rings is 1. The predicted molar refractivity (Wildman–Crippen MR) is 101 cm³/mol. The van der Waals surface area contributed by atoms with E-state index in [1.54, 1.807) is 6.92 Å². The highest BCUT2D eigenvalue weighted by molar-refractivity contribution is 6.53. The molecule has 2 aliphatic rings. The molecular formula is C18H25Cl2N3O. The van der Waals surface area contributed by atoms with Crippen LogP contribution < -0.4 is 10.2 Å². The van der Waals surface area contributed by atoms with Gasteiger partial charge in [0.25, 0.3) is 0 Å². The van der Waals surface area contributed by atoms with Gasteiger partial charge in [-0.2, -0.15) is 0 Å². The molecule has 1 aliphatic carbocycles. The fraction of sp³-hybridized carbons (Fsp3) is 0.611. The number of carbonyl (C=O) groups is 1. The summed E-state index contributed by atoms with van der Waals surface area (Å²) in [7, 11) is 0. The van der Waals surface area contributed by atoms with Gasteiger partial charge in [-0.25, -0.2) is 0 Å². The first-order valence-electron chi connectivity index (χ1n) is 8.54. The summed E-state index contributed by atoms with van der Waals surface area (Å²) in [6.45, 7) is 11.4. The molecule has 6 heteroatoms. The lowest BCUT2D eigenvalue weighted by molar-refractivity contribution is -0.120. The summed E-state index contributed by atoms with van der Waals surface area (Å²) >= 11 is 12.2. The number of anilines is 2. The third kappa shape index (κ3) is 3.24. The number of nitrogens with one attached hydrogen (secondary N) is 1. The van der Waals surface area contributed by atoms with Gasteiger partial charge in [-0.1, -0.05) is 6.92 Å². The third-order valence-electron chi connectivity index (χ3n) is 5.40. The first-order valence-corrected chi connectivity index (χ1v) is 9.30. The van der Waals surface area contributed by atoms with Crippen LogP contribution >= 0.6 is 23.2 Å². The zero-order valence-electron chi connectivity index (χ0n) is 14.5. The van der Waals surface area contributed by atoms with E-state index in [-0.39, 0.29) is 5.91 Å². The van der Waals surface area contributed by atoms with E-state index in [0.717, 1.165) is 44.0 Å². The number of aryl methyl sites for hydroxylation is 1. The van der Waals surface area contributed by atoms with Crippen molar-refractivity contribution in [2.24, 2.45) is 5.41 Å². The Morgan fingerprint density at radius 2 is 1.88 bits per heavy atom. The molecule has 1 heterocycles. The third-order valence-corrected chi connectivity index (χ3v) is 6.50. The summed E-state index contributed by atoms with van der Waals surface area (Å²) < 4.78 is -0.941. The van der Waals surface area contributed by atoms with Gasteiger partial charge in [-0.05, 0) is 50.6 Å². The van der Waals surface area contributed by atoms with Crippen LogP contribution in [0.15, 0.2) is 18.2 Å². The fourth-order valence-electron chi connectivity index (χ4n) is 3.21. The van der Waals surface area contributed by atoms with Gasteiger partial charge in [0, 0.05) is 37.6 Å². The first kappa shape index (κ1) is 17.8. The van der Waals surface area contributed by atoms with Crippen molar-refractivity contribution in [3.8, 4) is 0 Å². The molecule has 3 rings (SSSR count). The van der Waals surface area contributed by atoms with E-state index >= 15 is 0 Å². The maximum atomic E-state index is 12.4.